The van der Waals surface area contributed by atoms with Crippen LogP contribution in [0.3, 0.4) is 0 Å². The molecule has 4 aromatic carbocycles. The van der Waals surface area contributed by atoms with Crippen molar-refractivity contribution in [2.75, 3.05) is 13.9 Å². The van der Waals surface area contributed by atoms with Gasteiger partial charge in [-0.15, -0.1) is 0 Å². The van der Waals surface area contributed by atoms with Gasteiger partial charge in [0.15, 0.2) is 35.7 Å². The van der Waals surface area contributed by atoms with Crippen LogP contribution in [0.25, 0.3) is 33.1 Å². The Morgan fingerprint density at radius 1 is 0.976 bits per heavy atom. The molecule has 0 radical (unpaired) electrons. The van der Waals surface area contributed by atoms with Crippen molar-refractivity contribution in [1.82, 2.24) is 9.55 Å². The van der Waals surface area contributed by atoms with Gasteiger partial charge >= 0.3 is 0 Å². The standard InChI is InChI=1S/C34H27FN3O4/c1-39-30-11-10-21-14-29-24-16-32-31(41-20-42-32)15-22(24)12-13-37(29)18-25(21)34(30)40-19-33-36-27-8-4-5-9-28(27)38(33)17-23-6-2-3-7-26(23)35/h2-11,14-16,18H,12-13,17,19-20H2,1H3/q+1. The highest BCUT2D eigenvalue weighted by Gasteiger charge is 2.29. The van der Waals surface area contributed by atoms with Gasteiger partial charge in [0.2, 0.25) is 12.5 Å². The van der Waals surface area contributed by atoms with E-state index in [1.165, 1.54) is 11.6 Å². The van der Waals surface area contributed by atoms with Crippen LogP contribution in [0.4, 0.5) is 4.39 Å². The number of nitrogens with zero attached hydrogens (tertiary/aromatic N) is 3. The molecule has 42 heavy (non-hydrogen) atoms. The fourth-order valence-corrected chi connectivity index (χ4v) is 6.05. The second-order valence-electron chi connectivity index (χ2n) is 10.5. The number of rotatable bonds is 6. The maximum atomic E-state index is 14.6. The minimum absolute atomic E-state index is 0.187. The molecule has 8 rings (SSSR count). The number of benzene rings is 4. The summed E-state index contributed by atoms with van der Waals surface area (Å²) in [4.78, 5) is 4.86. The van der Waals surface area contributed by atoms with Crippen molar-refractivity contribution < 1.29 is 27.9 Å². The van der Waals surface area contributed by atoms with Gasteiger partial charge in [-0.1, -0.05) is 30.3 Å². The van der Waals surface area contributed by atoms with Crippen molar-refractivity contribution in [2.45, 2.75) is 26.1 Å². The first kappa shape index (κ1) is 24.7. The molecule has 4 heterocycles. The summed E-state index contributed by atoms with van der Waals surface area (Å²) >= 11 is 0. The van der Waals surface area contributed by atoms with Crippen LogP contribution in [0.1, 0.15) is 17.0 Å². The van der Waals surface area contributed by atoms with E-state index in [4.69, 9.17) is 23.9 Å². The monoisotopic (exact) mass is 560 g/mol. The lowest BCUT2D eigenvalue weighted by Crippen LogP contribution is -2.40. The van der Waals surface area contributed by atoms with Crippen LogP contribution in [0.2, 0.25) is 0 Å². The van der Waals surface area contributed by atoms with Gasteiger partial charge in [-0.3, -0.25) is 0 Å². The summed E-state index contributed by atoms with van der Waals surface area (Å²) in [6, 6.07) is 25.1. The molecule has 0 N–H and O–H groups in total. The highest BCUT2D eigenvalue weighted by Crippen LogP contribution is 2.42. The Kier molecular flexibility index (Phi) is 5.73. The number of pyridine rings is 1. The zero-order chi connectivity index (χ0) is 28.2. The largest absolute Gasteiger partial charge is 0.493 e. The van der Waals surface area contributed by atoms with E-state index in [2.05, 4.69) is 35.0 Å². The molecule has 208 valence electrons. The van der Waals surface area contributed by atoms with Crippen molar-refractivity contribution >= 4 is 21.8 Å². The summed E-state index contributed by atoms with van der Waals surface area (Å²) in [6.45, 7) is 1.62. The number of hydrogen-bond acceptors (Lipinski definition) is 5. The van der Waals surface area contributed by atoms with E-state index >= 15 is 0 Å². The molecule has 2 aromatic heterocycles. The molecular formula is C34H27FN3O4+. The minimum atomic E-state index is -0.245. The summed E-state index contributed by atoms with van der Waals surface area (Å²) in [7, 11) is 1.64. The van der Waals surface area contributed by atoms with Crippen molar-refractivity contribution in [3.05, 3.63) is 108 Å². The van der Waals surface area contributed by atoms with Gasteiger partial charge in [-0.05, 0) is 53.4 Å². The van der Waals surface area contributed by atoms with Crippen molar-refractivity contribution in [3.63, 3.8) is 0 Å². The quantitative estimate of drug-likeness (QED) is 0.227. The first-order valence-electron chi connectivity index (χ1n) is 13.9. The third-order valence-corrected chi connectivity index (χ3v) is 8.16. The first-order chi connectivity index (χ1) is 20.7. The summed E-state index contributed by atoms with van der Waals surface area (Å²) < 4.78 is 42.5. The average Bonchev–Trinajstić information content (AvgIpc) is 3.62. The molecule has 2 aliphatic rings. The lowest BCUT2D eigenvalue weighted by molar-refractivity contribution is -0.686. The normalized spacial score (nSPS) is 13.3. The Hall–Kier alpha value is -5.11. The zero-order valence-corrected chi connectivity index (χ0v) is 23.0. The lowest BCUT2D eigenvalue weighted by atomic mass is 9.95. The average molecular weight is 561 g/mol. The van der Waals surface area contributed by atoms with Crippen LogP contribution in [0, 0.1) is 5.82 Å². The predicted molar refractivity (Wildman–Crippen MR) is 156 cm³/mol. The van der Waals surface area contributed by atoms with Crippen LogP contribution >= 0.6 is 0 Å². The number of aromatic nitrogens is 3. The zero-order valence-electron chi connectivity index (χ0n) is 23.0. The molecule has 0 unspecified atom stereocenters. The number of methoxy groups -OCH3 is 1. The smallest absolute Gasteiger partial charge is 0.231 e. The van der Waals surface area contributed by atoms with Gasteiger partial charge in [-0.2, -0.15) is 4.57 Å². The van der Waals surface area contributed by atoms with Gasteiger partial charge in [-0.25, -0.2) is 9.37 Å². The molecule has 0 spiro atoms. The highest BCUT2D eigenvalue weighted by molar-refractivity contribution is 5.91. The third kappa shape index (κ3) is 4.02. The van der Waals surface area contributed by atoms with Crippen molar-refractivity contribution in [3.8, 4) is 34.3 Å². The van der Waals surface area contributed by atoms with E-state index in [9.17, 15) is 4.39 Å². The minimum Gasteiger partial charge on any atom is -0.493 e. The van der Waals surface area contributed by atoms with Crippen molar-refractivity contribution in [1.29, 1.82) is 0 Å². The molecule has 2 aliphatic heterocycles. The molecule has 0 aliphatic carbocycles. The second-order valence-corrected chi connectivity index (χ2v) is 10.5. The molecule has 0 saturated heterocycles. The Labute approximate surface area is 241 Å². The lowest BCUT2D eigenvalue weighted by Gasteiger charge is -2.18. The van der Waals surface area contributed by atoms with Gasteiger partial charge in [0.1, 0.15) is 18.2 Å². The summed E-state index contributed by atoms with van der Waals surface area (Å²) in [5, 5.41) is 1.97. The maximum absolute atomic E-state index is 14.6. The number of imidazole rings is 1. The Bertz CT molecular complexity index is 2020. The molecule has 7 nitrogen and oxygen atoms in total. The van der Waals surface area contributed by atoms with Crippen LogP contribution < -0.4 is 23.5 Å². The summed E-state index contributed by atoms with van der Waals surface area (Å²) in [6.07, 6.45) is 3.02. The fourth-order valence-electron chi connectivity index (χ4n) is 6.05. The van der Waals surface area contributed by atoms with E-state index in [1.807, 2.05) is 41.0 Å². The summed E-state index contributed by atoms with van der Waals surface area (Å²) in [5.74, 6) is 3.33. The SMILES string of the molecule is COc1ccc2cc3[n+](cc2c1OCc1nc2ccccc2n1Cc1ccccc1F)CCc1cc2c(cc1-3)OCO2. The van der Waals surface area contributed by atoms with E-state index in [1.54, 1.807) is 19.2 Å². The first-order valence-corrected chi connectivity index (χ1v) is 13.9. The van der Waals surface area contributed by atoms with Gasteiger partial charge in [0, 0.05) is 18.1 Å². The maximum Gasteiger partial charge on any atom is 0.231 e. The Morgan fingerprint density at radius 2 is 1.81 bits per heavy atom. The molecule has 0 fully saturated rings. The molecule has 0 atom stereocenters. The Balaban J connectivity index is 1.19. The highest BCUT2D eigenvalue weighted by atomic mass is 19.1. The van der Waals surface area contributed by atoms with E-state index in [-0.39, 0.29) is 19.2 Å². The van der Waals surface area contributed by atoms with E-state index < -0.39 is 0 Å². The number of halogens is 1. The van der Waals surface area contributed by atoms with Gasteiger partial charge < -0.3 is 23.5 Å². The van der Waals surface area contributed by atoms with Gasteiger partial charge in [0.25, 0.3) is 0 Å². The fraction of sp³-hybridized carbons (Fsp3) is 0.176. The topological polar surface area (TPSA) is 58.6 Å². The van der Waals surface area contributed by atoms with E-state index in [0.29, 0.717) is 29.4 Å². The number of ether oxygens (including phenoxy) is 4. The number of fused-ring (bicyclic) bond motifs is 6. The van der Waals surface area contributed by atoms with Gasteiger partial charge in [0.05, 0.1) is 35.6 Å². The van der Waals surface area contributed by atoms with Crippen LogP contribution in [0.15, 0.2) is 85.1 Å². The predicted octanol–water partition coefficient (Wildman–Crippen LogP) is 6.20. The Morgan fingerprint density at radius 3 is 2.69 bits per heavy atom. The molecule has 6 aromatic rings. The number of aryl methyl sites for hydroxylation is 2. The number of hydrogen-bond donors (Lipinski definition) is 0. The van der Waals surface area contributed by atoms with E-state index in [0.717, 1.165) is 57.5 Å². The molecule has 0 bridgehead atoms. The van der Waals surface area contributed by atoms with Crippen LogP contribution in [-0.2, 0) is 26.1 Å². The van der Waals surface area contributed by atoms with Crippen molar-refractivity contribution in [2.24, 2.45) is 0 Å². The third-order valence-electron chi connectivity index (χ3n) is 8.16. The summed E-state index contributed by atoms with van der Waals surface area (Å²) in [5.41, 5.74) is 5.86. The molecule has 0 saturated carbocycles. The van der Waals surface area contributed by atoms with Crippen LogP contribution in [-0.4, -0.2) is 23.5 Å². The molecular weight excluding hydrogens is 533 g/mol. The second kappa shape index (κ2) is 9.76. The molecule has 0 amide bonds. The molecule has 8 heteroatoms. The number of para-hydroxylation sites is 2. The van der Waals surface area contributed by atoms with Crippen LogP contribution in [0.5, 0.6) is 23.0 Å².